The monoisotopic (exact) mass is 316 g/mol. The zero-order chi connectivity index (χ0) is 17.3. The van der Waals surface area contributed by atoms with Crippen molar-refractivity contribution in [2.45, 2.75) is 97.8 Å². The van der Waals surface area contributed by atoms with Crippen LogP contribution in [0.5, 0.6) is 0 Å². The molecule has 0 unspecified atom stereocenters. The van der Waals surface area contributed by atoms with E-state index in [2.05, 4.69) is 52.1 Å². The summed E-state index contributed by atoms with van der Waals surface area (Å²) >= 11 is 0. The fraction of sp³-hybridized carbons (Fsp3) is 0.652. The second-order valence-electron chi connectivity index (χ2n) is 6.53. The molecule has 0 aliphatic carbocycles. The van der Waals surface area contributed by atoms with Crippen LogP contribution in [0.4, 0.5) is 0 Å². The van der Waals surface area contributed by atoms with Crippen LogP contribution >= 0.6 is 0 Å². The van der Waals surface area contributed by atoms with Crippen LogP contribution in [0.2, 0.25) is 0 Å². The maximum atomic E-state index is 3.00. The Kier molecular flexibility index (Phi) is 15.1. The molecule has 0 aliphatic heterocycles. The number of hydrogen-bond donors (Lipinski definition) is 0. The fourth-order valence-corrected chi connectivity index (χ4v) is 3.01. The third-order valence-electron chi connectivity index (χ3n) is 4.32. The van der Waals surface area contributed by atoms with Gasteiger partial charge in [-0.25, -0.2) is 0 Å². The van der Waals surface area contributed by atoms with E-state index >= 15 is 0 Å². The Hall–Kier alpha value is -1.04. The van der Waals surface area contributed by atoms with Gasteiger partial charge in [0.25, 0.3) is 0 Å². The normalized spacial score (nSPS) is 10.2. The number of unbranched alkanes of at least 4 members (excludes halogenated alkanes) is 6. The van der Waals surface area contributed by atoms with Gasteiger partial charge in [0.15, 0.2) is 0 Å². The van der Waals surface area contributed by atoms with Gasteiger partial charge in [-0.05, 0) is 55.2 Å². The van der Waals surface area contributed by atoms with Gasteiger partial charge in [-0.3, -0.25) is 0 Å². The van der Waals surface area contributed by atoms with Crippen molar-refractivity contribution in [1.29, 1.82) is 0 Å². The van der Waals surface area contributed by atoms with Gasteiger partial charge in [0.05, 0.1) is 0 Å². The van der Waals surface area contributed by atoms with Gasteiger partial charge >= 0.3 is 0 Å². The summed E-state index contributed by atoms with van der Waals surface area (Å²) in [5.74, 6) is 0. The quantitative estimate of drug-likeness (QED) is 0.274. The minimum Gasteiger partial charge on any atom is -0.106 e. The van der Waals surface area contributed by atoms with Crippen molar-refractivity contribution in [2.75, 3.05) is 0 Å². The summed E-state index contributed by atoms with van der Waals surface area (Å²) in [6.45, 7) is 12.9. The second-order valence-corrected chi connectivity index (χ2v) is 6.53. The largest absolute Gasteiger partial charge is 0.106 e. The minimum absolute atomic E-state index is 1.27. The summed E-state index contributed by atoms with van der Waals surface area (Å²) in [4.78, 5) is 0. The molecule has 0 bridgehead atoms. The molecule has 0 radical (unpaired) electrons. The zero-order valence-corrected chi connectivity index (χ0v) is 16.1. The molecule has 0 N–H and O–H groups in total. The van der Waals surface area contributed by atoms with Crippen molar-refractivity contribution in [2.24, 2.45) is 0 Å². The van der Waals surface area contributed by atoms with Crippen molar-refractivity contribution in [3.05, 3.63) is 48.0 Å². The van der Waals surface area contributed by atoms with E-state index in [4.69, 9.17) is 0 Å². The molecule has 0 atom stereocenters. The molecule has 0 amide bonds. The van der Waals surface area contributed by atoms with E-state index in [1.807, 2.05) is 0 Å². The minimum atomic E-state index is 1.27. The summed E-state index contributed by atoms with van der Waals surface area (Å²) in [5, 5.41) is 0. The molecule has 0 spiro atoms. The van der Waals surface area contributed by atoms with Gasteiger partial charge in [-0.1, -0.05) is 77.5 Å². The van der Waals surface area contributed by atoms with Crippen molar-refractivity contribution in [3.8, 4) is 0 Å². The number of aryl methyl sites for hydroxylation is 3. The molecular weight excluding hydrogens is 276 g/mol. The second kappa shape index (κ2) is 15.8. The van der Waals surface area contributed by atoms with E-state index in [1.165, 1.54) is 77.0 Å². The maximum absolute atomic E-state index is 3.00. The molecule has 23 heavy (non-hydrogen) atoms. The van der Waals surface area contributed by atoms with Crippen molar-refractivity contribution in [1.82, 2.24) is 0 Å². The van der Waals surface area contributed by atoms with Gasteiger partial charge in [-0.2, -0.15) is 0 Å². The van der Waals surface area contributed by atoms with Crippen LogP contribution in [0.3, 0.4) is 0 Å². The molecule has 0 aromatic heterocycles. The SMILES string of the molecule is C=C.CCCCCc1cc(CCCCC)cc(CCCCC)c1. The lowest BCUT2D eigenvalue weighted by Crippen LogP contribution is -1.95. The standard InChI is InChI=1S/C21H36.C2H4/c1-4-7-10-13-19-16-20(14-11-8-5-2)18-21(17-19)15-12-9-6-3;1-2/h16-18H,4-15H2,1-3H3;1-2H2. The summed E-state index contributed by atoms with van der Waals surface area (Å²) in [6.07, 6.45) is 15.9. The zero-order valence-electron chi connectivity index (χ0n) is 16.1. The van der Waals surface area contributed by atoms with Crippen molar-refractivity contribution < 1.29 is 0 Å². The summed E-state index contributed by atoms with van der Waals surface area (Å²) in [7, 11) is 0. The molecule has 0 saturated heterocycles. The van der Waals surface area contributed by atoms with E-state index < -0.39 is 0 Å². The average molecular weight is 317 g/mol. The Morgan fingerprint density at radius 1 is 0.522 bits per heavy atom. The molecule has 0 aliphatic rings. The van der Waals surface area contributed by atoms with Gasteiger partial charge in [0.2, 0.25) is 0 Å². The first kappa shape index (κ1) is 22.0. The number of hydrogen-bond acceptors (Lipinski definition) is 0. The fourth-order valence-electron chi connectivity index (χ4n) is 3.01. The topological polar surface area (TPSA) is 0 Å². The Bertz CT molecular complexity index is 308. The predicted molar refractivity (Wildman–Crippen MR) is 107 cm³/mol. The Morgan fingerprint density at radius 2 is 0.783 bits per heavy atom. The lowest BCUT2D eigenvalue weighted by atomic mass is 9.96. The van der Waals surface area contributed by atoms with Crippen LogP contribution in [0.25, 0.3) is 0 Å². The predicted octanol–water partition coefficient (Wildman–Crippen LogP) is 7.69. The van der Waals surface area contributed by atoms with E-state index in [0.29, 0.717) is 0 Å². The highest BCUT2D eigenvalue weighted by Gasteiger charge is 2.02. The third kappa shape index (κ3) is 11.2. The van der Waals surface area contributed by atoms with E-state index in [1.54, 1.807) is 16.7 Å². The molecule has 1 rings (SSSR count). The summed E-state index contributed by atoms with van der Waals surface area (Å²) < 4.78 is 0. The van der Waals surface area contributed by atoms with Crippen LogP contribution in [0.1, 0.15) is 95.2 Å². The van der Waals surface area contributed by atoms with Crippen LogP contribution in [0, 0.1) is 0 Å². The molecule has 1 aromatic rings. The Morgan fingerprint density at radius 3 is 1.00 bits per heavy atom. The highest BCUT2D eigenvalue weighted by molar-refractivity contribution is 5.30. The van der Waals surface area contributed by atoms with Crippen LogP contribution in [-0.4, -0.2) is 0 Å². The molecule has 0 heteroatoms. The lowest BCUT2D eigenvalue weighted by molar-refractivity contribution is 0.699. The number of benzene rings is 1. The molecule has 0 heterocycles. The van der Waals surface area contributed by atoms with Gasteiger partial charge in [-0.15, -0.1) is 13.2 Å². The molecule has 1 aromatic carbocycles. The van der Waals surface area contributed by atoms with Crippen LogP contribution < -0.4 is 0 Å². The highest BCUT2D eigenvalue weighted by Crippen LogP contribution is 2.18. The highest BCUT2D eigenvalue weighted by atomic mass is 14.1. The lowest BCUT2D eigenvalue weighted by Gasteiger charge is -2.10. The van der Waals surface area contributed by atoms with Crippen LogP contribution in [0.15, 0.2) is 31.4 Å². The first-order valence-corrected chi connectivity index (χ1v) is 9.91. The number of rotatable bonds is 12. The van der Waals surface area contributed by atoms with Crippen molar-refractivity contribution in [3.63, 3.8) is 0 Å². The molecule has 0 fully saturated rings. The van der Waals surface area contributed by atoms with E-state index in [9.17, 15) is 0 Å². The summed E-state index contributed by atoms with van der Waals surface area (Å²) in [5.41, 5.74) is 4.76. The molecule has 132 valence electrons. The van der Waals surface area contributed by atoms with Crippen molar-refractivity contribution >= 4 is 0 Å². The molecular formula is C23H40. The van der Waals surface area contributed by atoms with Gasteiger partial charge in [0, 0.05) is 0 Å². The summed E-state index contributed by atoms with van der Waals surface area (Å²) in [6, 6.07) is 7.44. The van der Waals surface area contributed by atoms with E-state index in [0.717, 1.165) is 0 Å². The van der Waals surface area contributed by atoms with Crippen LogP contribution in [-0.2, 0) is 19.3 Å². The smallest absolute Gasteiger partial charge is 0.0279 e. The van der Waals surface area contributed by atoms with Gasteiger partial charge in [0.1, 0.15) is 0 Å². The molecule has 0 saturated carbocycles. The Labute approximate surface area is 146 Å². The van der Waals surface area contributed by atoms with Gasteiger partial charge < -0.3 is 0 Å². The van der Waals surface area contributed by atoms with E-state index in [-0.39, 0.29) is 0 Å². The maximum Gasteiger partial charge on any atom is -0.0279 e. The third-order valence-corrected chi connectivity index (χ3v) is 4.32. The molecule has 0 nitrogen and oxygen atoms in total. The average Bonchev–Trinajstić information content (AvgIpc) is 2.57. The first-order valence-electron chi connectivity index (χ1n) is 9.91. The first-order chi connectivity index (χ1) is 11.3. The Balaban J connectivity index is 0.00000232.